The molecule has 5 nitrogen and oxygen atoms in total. The number of piperazine rings is 1. The van der Waals surface area contributed by atoms with Crippen molar-refractivity contribution in [3.63, 3.8) is 0 Å². The molecule has 0 spiro atoms. The van der Waals surface area contributed by atoms with Gasteiger partial charge >= 0.3 is 0 Å². The van der Waals surface area contributed by atoms with Crippen molar-refractivity contribution in [2.45, 2.75) is 13.0 Å². The third-order valence-electron chi connectivity index (χ3n) is 5.67. The second kappa shape index (κ2) is 8.41. The summed E-state index contributed by atoms with van der Waals surface area (Å²) in [6, 6.07) is 13.9. The Balaban J connectivity index is 1.33. The zero-order valence-corrected chi connectivity index (χ0v) is 16.8. The van der Waals surface area contributed by atoms with Crippen molar-refractivity contribution in [1.29, 1.82) is 0 Å². The van der Waals surface area contributed by atoms with Crippen LogP contribution in [0, 0.1) is 11.7 Å². The molecular formula is C22H23ClFN3O2. The normalized spacial score (nSPS) is 19.7. The number of likely N-dealkylation sites (tertiary alicyclic amines) is 1. The van der Waals surface area contributed by atoms with Gasteiger partial charge in [-0.3, -0.25) is 9.59 Å². The Bertz CT molecular complexity index is 897. The van der Waals surface area contributed by atoms with Gasteiger partial charge in [0.15, 0.2) is 0 Å². The van der Waals surface area contributed by atoms with E-state index in [4.69, 9.17) is 11.6 Å². The Labute approximate surface area is 174 Å². The summed E-state index contributed by atoms with van der Waals surface area (Å²) in [5, 5.41) is 0.631. The SMILES string of the molecule is O=C1CC(C(=O)N2CCN(c3ccc(F)cc3)CC2)CN1Cc1ccccc1Cl. The average molecular weight is 416 g/mol. The smallest absolute Gasteiger partial charge is 0.228 e. The fourth-order valence-corrected chi connectivity index (χ4v) is 4.21. The summed E-state index contributed by atoms with van der Waals surface area (Å²) in [5.74, 6) is -0.524. The molecule has 1 unspecified atom stereocenters. The second-order valence-electron chi connectivity index (χ2n) is 7.56. The monoisotopic (exact) mass is 415 g/mol. The molecule has 29 heavy (non-hydrogen) atoms. The van der Waals surface area contributed by atoms with Gasteiger partial charge in [-0.05, 0) is 35.9 Å². The highest BCUT2D eigenvalue weighted by Crippen LogP contribution is 2.26. The maximum absolute atomic E-state index is 13.1. The summed E-state index contributed by atoms with van der Waals surface area (Å²) in [6.45, 7) is 3.46. The van der Waals surface area contributed by atoms with E-state index >= 15 is 0 Å². The molecule has 2 saturated heterocycles. The van der Waals surface area contributed by atoms with E-state index in [1.165, 1.54) is 12.1 Å². The minimum absolute atomic E-state index is 0.00628. The Morgan fingerprint density at radius 1 is 1.03 bits per heavy atom. The predicted octanol–water partition coefficient (Wildman–Crippen LogP) is 3.18. The first-order valence-corrected chi connectivity index (χ1v) is 10.2. The van der Waals surface area contributed by atoms with Gasteiger partial charge in [0.05, 0.1) is 5.92 Å². The molecular weight excluding hydrogens is 393 g/mol. The van der Waals surface area contributed by atoms with Gasteiger partial charge in [0.25, 0.3) is 0 Å². The lowest BCUT2D eigenvalue weighted by molar-refractivity contribution is -0.136. The minimum Gasteiger partial charge on any atom is -0.368 e. The van der Waals surface area contributed by atoms with Crippen LogP contribution in [0.4, 0.5) is 10.1 Å². The van der Waals surface area contributed by atoms with Crippen LogP contribution in [0.25, 0.3) is 0 Å². The number of halogens is 2. The first-order chi connectivity index (χ1) is 14.0. The third kappa shape index (κ3) is 4.37. The second-order valence-corrected chi connectivity index (χ2v) is 7.96. The summed E-state index contributed by atoms with van der Waals surface area (Å²) >= 11 is 6.21. The van der Waals surface area contributed by atoms with Crippen LogP contribution >= 0.6 is 11.6 Å². The van der Waals surface area contributed by atoms with Crippen molar-refractivity contribution in [3.8, 4) is 0 Å². The molecule has 2 fully saturated rings. The number of nitrogens with zero attached hydrogens (tertiary/aromatic N) is 3. The molecule has 152 valence electrons. The Morgan fingerprint density at radius 2 is 1.72 bits per heavy atom. The Kier molecular flexibility index (Phi) is 5.72. The average Bonchev–Trinajstić information content (AvgIpc) is 3.10. The van der Waals surface area contributed by atoms with Crippen LogP contribution in [0.2, 0.25) is 5.02 Å². The maximum Gasteiger partial charge on any atom is 0.228 e. The minimum atomic E-state index is -0.303. The van der Waals surface area contributed by atoms with Crippen LogP contribution in [-0.4, -0.2) is 54.3 Å². The standard InChI is InChI=1S/C22H23ClFN3O2/c23-20-4-2-1-3-16(20)14-27-15-17(13-21(27)28)22(29)26-11-9-25(10-12-26)19-7-5-18(24)6-8-19/h1-8,17H,9-15H2. The largest absolute Gasteiger partial charge is 0.368 e. The summed E-state index contributed by atoms with van der Waals surface area (Å²) in [6.07, 6.45) is 0.251. The molecule has 0 saturated carbocycles. The van der Waals surface area contributed by atoms with Crippen LogP contribution in [0.3, 0.4) is 0 Å². The molecule has 2 aliphatic heterocycles. The number of benzene rings is 2. The molecule has 2 aromatic rings. The molecule has 2 heterocycles. The number of amides is 2. The van der Waals surface area contributed by atoms with Gasteiger partial charge in [-0.2, -0.15) is 0 Å². The number of anilines is 1. The molecule has 7 heteroatoms. The quantitative estimate of drug-likeness (QED) is 0.770. The van der Waals surface area contributed by atoms with Gasteiger partial charge in [0.1, 0.15) is 5.82 Å². The first-order valence-electron chi connectivity index (χ1n) is 9.82. The van der Waals surface area contributed by atoms with E-state index in [9.17, 15) is 14.0 Å². The van der Waals surface area contributed by atoms with Crippen molar-refractivity contribution in [3.05, 3.63) is 64.9 Å². The molecule has 0 bridgehead atoms. The topological polar surface area (TPSA) is 43.9 Å². The number of hydrogen-bond acceptors (Lipinski definition) is 3. The maximum atomic E-state index is 13.1. The van der Waals surface area contributed by atoms with Gasteiger partial charge in [-0.15, -0.1) is 0 Å². The molecule has 4 rings (SSSR count). The van der Waals surface area contributed by atoms with Crippen LogP contribution in [0.1, 0.15) is 12.0 Å². The fraction of sp³-hybridized carbons (Fsp3) is 0.364. The van der Waals surface area contributed by atoms with Crippen molar-refractivity contribution < 1.29 is 14.0 Å². The Hall–Kier alpha value is -2.60. The fourth-order valence-electron chi connectivity index (χ4n) is 4.02. The first kappa shape index (κ1) is 19.7. The number of rotatable bonds is 4. The molecule has 2 aromatic carbocycles. The van der Waals surface area contributed by atoms with Crippen molar-refractivity contribution >= 4 is 29.1 Å². The van der Waals surface area contributed by atoms with Crippen LogP contribution in [0.15, 0.2) is 48.5 Å². The molecule has 2 aliphatic rings. The lowest BCUT2D eigenvalue weighted by Crippen LogP contribution is -2.50. The van der Waals surface area contributed by atoms with E-state index in [0.29, 0.717) is 44.3 Å². The van der Waals surface area contributed by atoms with Crippen molar-refractivity contribution in [1.82, 2.24) is 9.80 Å². The molecule has 0 aliphatic carbocycles. The predicted molar refractivity (Wildman–Crippen MR) is 110 cm³/mol. The van der Waals surface area contributed by atoms with E-state index in [-0.39, 0.29) is 30.0 Å². The molecule has 0 N–H and O–H groups in total. The summed E-state index contributed by atoms with van der Waals surface area (Å²) in [5.41, 5.74) is 1.85. The van der Waals surface area contributed by atoms with E-state index in [2.05, 4.69) is 4.90 Å². The zero-order valence-electron chi connectivity index (χ0n) is 16.1. The highest BCUT2D eigenvalue weighted by Gasteiger charge is 2.37. The number of hydrogen-bond donors (Lipinski definition) is 0. The van der Waals surface area contributed by atoms with Gasteiger partial charge in [-0.1, -0.05) is 29.8 Å². The van der Waals surface area contributed by atoms with E-state index in [1.54, 1.807) is 23.1 Å². The number of carbonyl (C=O) groups excluding carboxylic acids is 2. The summed E-state index contributed by atoms with van der Waals surface area (Å²) < 4.78 is 13.1. The van der Waals surface area contributed by atoms with Gasteiger partial charge in [0, 0.05) is 56.4 Å². The molecule has 1 atom stereocenters. The molecule has 0 radical (unpaired) electrons. The third-order valence-corrected chi connectivity index (χ3v) is 6.03. The zero-order chi connectivity index (χ0) is 20.4. The summed E-state index contributed by atoms with van der Waals surface area (Å²) in [7, 11) is 0. The van der Waals surface area contributed by atoms with Crippen molar-refractivity contribution in [2.24, 2.45) is 5.92 Å². The van der Waals surface area contributed by atoms with Crippen LogP contribution in [-0.2, 0) is 16.1 Å². The van der Waals surface area contributed by atoms with Gasteiger partial charge in [-0.25, -0.2) is 4.39 Å². The Morgan fingerprint density at radius 3 is 2.41 bits per heavy atom. The van der Waals surface area contributed by atoms with E-state index in [0.717, 1.165) is 11.3 Å². The highest BCUT2D eigenvalue weighted by atomic mass is 35.5. The van der Waals surface area contributed by atoms with E-state index in [1.807, 2.05) is 23.1 Å². The van der Waals surface area contributed by atoms with Crippen LogP contribution < -0.4 is 4.90 Å². The highest BCUT2D eigenvalue weighted by molar-refractivity contribution is 6.31. The van der Waals surface area contributed by atoms with Crippen LogP contribution in [0.5, 0.6) is 0 Å². The number of carbonyl (C=O) groups is 2. The summed E-state index contributed by atoms with van der Waals surface area (Å²) in [4.78, 5) is 31.1. The molecule has 2 amide bonds. The molecule has 0 aromatic heterocycles. The van der Waals surface area contributed by atoms with Gasteiger partial charge < -0.3 is 14.7 Å². The van der Waals surface area contributed by atoms with E-state index < -0.39 is 0 Å². The lowest BCUT2D eigenvalue weighted by atomic mass is 10.1. The lowest BCUT2D eigenvalue weighted by Gasteiger charge is -2.37. The van der Waals surface area contributed by atoms with Crippen molar-refractivity contribution in [2.75, 3.05) is 37.6 Å². The van der Waals surface area contributed by atoms with Gasteiger partial charge in [0.2, 0.25) is 11.8 Å².